The highest BCUT2D eigenvalue weighted by atomic mass is 32.2. The second-order valence-electron chi connectivity index (χ2n) is 19.9. The van der Waals surface area contributed by atoms with Gasteiger partial charge in [-0.15, -0.1) is 0 Å². The van der Waals surface area contributed by atoms with Crippen molar-refractivity contribution < 1.29 is 47.8 Å². The zero-order chi connectivity index (χ0) is 52.7. The number of nitrogens with two attached hydrogens (primary N) is 1. The Morgan fingerprint density at radius 3 is 2.22 bits per heavy atom. The van der Waals surface area contributed by atoms with Crippen LogP contribution in [0, 0.1) is 36.4 Å². The van der Waals surface area contributed by atoms with Gasteiger partial charge in [0, 0.05) is 42.4 Å². The van der Waals surface area contributed by atoms with Crippen molar-refractivity contribution in [2.75, 3.05) is 25.2 Å². The molecule has 2 heterocycles. The van der Waals surface area contributed by atoms with Crippen molar-refractivity contribution in [2.45, 2.75) is 109 Å². The molecule has 74 heavy (non-hydrogen) atoms. The Morgan fingerprint density at radius 1 is 0.811 bits per heavy atom. The number of aliphatic hydroxyl groups is 1. The molecule has 16 heteroatoms. The number of nitrogens with zero attached hydrogens (tertiary/aromatic N) is 1. The number of para-hydroxylation sites is 1. The van der Waals surface area contributed by atoms with Gasteiger partial charge in [-0.25, -0.2) is 4.39 Å². The Hall–Kier alpha value is -6.65. The van der Waals surface area contributed by atoms with Crippen LogP contribution in [-0.2, 0) is 53.0 Å². The molecular formula is C58H68FN5O9S. The number of nitrogens with one attached hydrogen (secondary N) is 3. The molecule has 6 N–H and O–H groups in total. The van der Waals surface area contributed by atoms with Crippen molar-refractivity contribution >= 4 is 63.8 Å². The summed E-state index contributed by atoms with van der Waals surface area (Å²) < 4.78 is 21.0. The summed E-state index contributed by atoms with van der Waals surface area (Å²) in [4.78, 5) is 103. The number of ketones is 2. The van der Waals surface area contributed by atoms with Gasteiger partial charge in [-0.3, -0.25) is 33.6 Å². The highest BCUT2D eigenvalue weighted by Gasteiger charge is 2.42. The number of amides is 4. The molecule has 4 unspecified atom stereocenters. The molecule has 1 saturated carbocycles. The van der Waals surface area contributed by atoms with Crippen LogP contribution in [0.5, 0.6) is 0 Å². The number of piperidine rings is 1. The van der Waals surface area contributed by atoms with Gasteiger partial charge in [-0.1, -0.05) is 111 Å². The van der Waals surface area contributed by atoms with Gasteiger partial charge in [-0.2, -0.15) is 11.8 Å². The summed E-state index contributed by atoms with van der Waals surface area (Å²) in [6.07, 6.45) is 8.77. The van der Waals surface area contributed by atoms with E-state index in [4.69, 9.17) is 10.5 Å². The number of thioether (sulfide) groups is 1. The number of halogens is 1. The van der Waals surface area contributed by atoms with Gasteiger partial charge in [0.05, 0.1) is 42.5 Å². The van der Waals surface area contributed by atoms with Crippen molar-refractivity contribution in [3.8, 4) is 0 Å². The molecule has 392 valence electrons. The van der Waals surface area contributed by atoms with E-state index < -0.39 is 102 Å². The van der Waals surface area contributed by atoms with E-state index in [9.17, 15) is 38.7 Å². The summed E-state index contributed by atoms with van der Waals surface area (Å²) in [5.74, 6) is -7.28. The fourth-order valence-corrected chi connectivity index (χ4v) is 11.1. The number of aromatic amines is 1. The van der Waals surface area contributed by atoms with Gasteiger partial charge >= 0.3 is 5.97 Å². The number of primary amides is 1. The van der Waals surface area contributed by atoms with Gasteiger partial charge < -0.3 is 36.1 Å². The second kappa shape index (κ2) is 26.5. The number of carbonyl (C=O) groups excluding carboxylic acids is 7. The van der Waals surface area contributed by atoms with Crippen LogP contribution in [0.1, 0.15) is 108 Å². The zero-order valence-corrected chi connectivity index (χ0v) is 43.0. The van der Waals surface area contributed by atoms with Crippen molar-refractivity contribution in [2.24, 2.45) is 29.4 Å². The molecule has 2 fully saturated rings. The quantitative estimate of drug-likeness (QED) is 0.0360. The Balaban J connectivity index is 1.12. The number of Topliss-reactive ketones (excluding diaryl/α,β-unsaturated/α-hetero) is 2. The van der Waals surface area contributed by atoms with E-state index in [1.165, 1.54) is 54.5 Å². The fraction of sp³-hybridized carbons (Fsp3) is 0.431. The average Bonchev–Trinajstić information content (AvgIpc) is 4.08. The molecule has 0 radical (unpaired) electrons. The number of aromatic nitrogens is 1. The number of hydrogen-bond acceptors (Lipinski definition) is 10. The number of likely N-dealkylation sites (tertiary alicyclic amines) is 1. The third-order valence-corrected chi connectivity index (χ3v) is 15.3. The van der Waals surface area contributed by atoms with Gasteiger partial charge in [0.15, 0.2) is 11.6 Å². The number of aliphatic hydroxyl groups excluding tert-OH is 1. The summed E-state index contributed by atoms with van der Waals surface area (Å²) in [7, 11) is 0. The molecular weight excluding hydrogens is 962 g/mol. The molecule has 6 atom stereocenters. The predicted molar refractivity (Wildman–Crippen MR) is 282 cm³/mol. The van der Waals surface area contributed by atoms with Crippen LogP contribution in [0.25, 0.3) is 10.9 Å². The average molecular weight is 1030 g/mol. The number of H-pyrrole nitrogens is 1. The summed E-state index contributed by atoms with van der Waals surface area (Å²) in [5, 5.41) is 17.0. The minimum Gasteiger partial charge on any atom is -0.461 e. The van der Waals surface area contributed by atoms with Gasteiger partial charge in [0.25, 0.3) is 5.91 Å². The molecule has 7 rings (SSSR count). The molecule has 5 aromatic rings. The molecule has 0 spiro atoms. The number of hydrogen-bond donors (Lipinski definition) is 5. The van der Waals surface area contributed by atoms with E-state index in [0.29, 0.717) is 41.2 Å². The molecule has 0 bridgehead atoms. The van der Waals surface area contributed by atoms with Crippen LogP contribution in [0.3, 0.4) is 0 Å². The number of esters is 1. The lowest BCUT2D eigenvalue weighted by molar-refractivity contribution is -0.151. The van der Waals surface area contributed by atoms with Crippen LogP contribution in [0.4, 0.5) is 4.39 Å². The number of fused-ring (bicyclic) bond motifs is 1. The summed E-state index contributed by atoms with van der Waals surface area (Å²) >= 11 is 1.48. The SMILES string of the molecule is CSCCC(CC(=O)C(CC(N)=O)NC(=O)C(CC(=O)C(CO)NC(=O)[C@H]1CCCN(C(=O)c2c(C)cccc2F)[C@H]1c1ccc(CC2CCCC2)cc1)Cc1c[nH]c2ccccc12)C(=O)OCc1ccccc1. The van der Waals surface area contributed by atoms with Gasteiger partial charge in [0.1, 0.15) is 18.5 Å². The van der Waals surface area contributed by atoms with Crippen LogP contribution >= 0.6 is 11.8 Å². The molecule has 1 saturated heterocycles. The first-order valence-corrected chi connectivity index (χ1v) is 27.1. The standard InChI is InChI=1S/C58H68FN5O9S/c1-36-12-10-19-46(59)53(36)57(71)64-26-11-18-45(54(64)40-23-21-38(22-24-40)28-37-13-6-7-14-37)56(70)63-49(34-65)51(67)31-42(29-43-33-61-47-20-9-8-17-44(43)47)55(69)62-48(32-52(60)68)50(66)30-41(25-27-74-2)58(72)73-35-39-15-4-3-5-16-39/h3-5,8-10,12,15-17,19-24,33,37,41-42,45,48-49,54,61,65H,6-7,11,13-14,18,25-32,34-35H2,1-2H3,(H2,60,68)(H,62,69)(H,63,70)/t41?,42?,45-,48?,49?,54-/m0/s1. The van der Waals surface area contributed by atoms with Crippen LogP contribution in [-0.4, -0.2) is 93.4 Å². The Kier molecular flexibility index (Phi) is 19.8. The number of rotatable bonds is 25. The molecule has 4 amide bonds. The molecule has 1 aliphatic heterocycles. The topological polar surface area (TPSA) is 218 Å². The van der Waals surface area contributed by atoms with Crippen molar-refractivity contribution in [3.05, 3.63) is 142 Å². The van der Waals surface area contributed by atoms with Crippen LogP contribution < -0.4 is 16.4 Å². The first-order chi connectivity index (χ1) is 35.7. The minimum atomic E-state index is -1.49. The van der Waals surface area contributed by atoms with E-state index in [0.717, 1.165) is 28.5 Å². The Morgan fingerprint density at radius 2 is 1.51 bits per heavy atom. The predicted octanol–water partition coefficient (Wildman–Crippen LogP) is 7.67. The lowest BCUT2D eigenvalue weighted by atomic mass is 9.82. The number of benzene rings is 4. The van der Waals surface area contributed by atoms with E-state index in [1.54, 1.807) is 31.3 Å². The van der Waals surface area contributed by atoms with E-state index in [2.05, 4.69) is 15.6 Å². The largest absolute Gasteiger partial charge is 0.461 e. The highest BCUT2D eigenvalue weighted by Crippen LogP contribution is 2.39. The number of ether oxygens (including phenoxy) is 1. The molecule has 1 aliphatic carbocycles. The van der Waals surface area contributed by atoms with Crippen molar-refractivity contribution in [1.82, 2.24) is 20.5 Å². The van der Waals surface area contributed by atoms with Crippen molar-refractivity contribution in [1.29, 1.82) is 0 Å². The van der Waals surface area contributed by atoms with E-state index >= 15 is 4.39 Å². The molecule has 1 aromatic heterocycles. The van der Waals surface area contributed by atoms with E-state index in [-0.39, 0.29) is 38.0 Å². The van der Waals surface area contributed by atoms with Gasteiger partial charge in [-0.05, 0) is 96.9 Å². The zero-order valence-electron chi connectivity index (χ0n) is 42.2. The Labute approximate surface area is 436 Å². The number of carbonyl (C=O) groups is 7. The second-order valence-corrected chi connectivity index (χ2v) is 20.9. The first kappa shape index (κ1) is 55.1. The third-order valence-electron chi connectivity index (χ3n) is 14.6. The Bertz CT molecular complexity index is 2740. The normalized spacial score (nSPS) is 17.5. The maximum atomic E-state index is 15.4. The van der Waals surface area contributed by atoms with Crippen molar-refractivity contribution in [3.63, 3.8) is 0 Å². The monoisotopic (exact) mass is 1030 g/mol. The third kappa shape index (κ3) is 14.3. The highest BCUT2D eigenvalue weighted by molar-refractivity contribution is 7.98. The summed E-state index contributed by atoms with van der Waals surface area (Å²) in [6, 6.07) is 24.9. The molecule has 4 aromatic carbocycles. The van der Waals surface area contributed by atoms with Gasteiger partial charge in [0.2, 0.25) is 17.7 Å². The maximum absolute atomic E-state index is 15.4. The summed E-state index contributed by atoms with van der Waals surface area (Å²) in [5.41, 5.74) is 10.0. The number of aryl methyl sites for hydroxylation is 1. The minimum absolute atomic E-state index is 0.00736. The molecule has 14 nitrogen and oxygen atoms in total. The van der Waals surface area contributed by atoms with Crippen LogP contribution in [0.15, 0.2) is 103 Å². The molecule has 2 aliphatic rings. The smallest absolute Gasteiger partial charge is 0.309 e. The lowest BCUT2D eigenvalue weighted by Gasteiger charge is -2.41. The fourth-order valence-electron chi connectivity index (χ4n) is 10.6. The van der Waals surface area contributed by atoms with E-state index in [1.807, 2.05) is 73.0 Å². The first-order valence-electron chi connectivity index (χ1n) is 25.7. The van der Waals surface area contributed by atoms with Crippen LogP contribution in [0.2, 0.25) is 0 Å². The summed E-state index contributed by atoms with van der Waals surface area (Å²) in [6.45, 7) is 1.07. The lowest BCUT2D eigenvalue weighted by Crippen LogP contribution is -2.52. The maximum Gasteiger partial charge on any atom is 0.309 e.